The van der Waals surface area contributed by atoms with Crippen molar-refractivity contribution >= 4 is 22.9 Å². The van der Waals surface area contributed by atoms with Gasteiger partial charge in [-0.05, 0) is 31.0 Å². The highest BCUT2D eigenvalue weighted by Crippen LogP contribution is 2.32. The topological polar surface area (TPSA) is 34.1 Å². The molecule has 0 radical (unpaired) electrons. The summed E-state index contributed by atoms with van der Waals surface area (Å²) in [6.45, 7) is 1.20. The average molecular weight is 327 g/mol. The fraction of sp³-hybridized carbons (Fsp3) is 0.400. The quantitative estimate of drug-likeness (QED) is 0.871. The van der Waals surface area contributed by atoms with Crippen molar-refractivity contribution in [1.82, 2.24) is 10.3 Å². The molecule has 1 aliphatic rings. The fourth-order valence-corrected chi connectivity index (χ4v) is 3.27. The summed E-state index contributed by atoms with van der Waals surface area (Å²) in [5, 5.41) is 4.52. The first-order valence-electron chi connectivity index (χ1n) is 6.83. The van der Waals surface area contributed by atoms with Gasteiger partial charge in [-0.2, -0.15) is 0 Å². The van der Waals surface area contributed by atoms with Crippen molar-refractivity contribution < 1.29 is 9.13 Å². The molecule has 21 heavy (non-hydrogen) atoms. The minimum absolute atomic E-state index is 0.345. The lowest BCUT2D eigenvalue weighted by atomic mass is 10.2. The first kappa shape index (κ1) is 14.9. The van der Waals surface area contributed by atoms with Crippen LogP contribution in [0.4, 0.5) is 4.39 Å². The van der Waals surface area contributed by atoms with Gasteiger partial charge in [0.05, 0.1) is 12.3 Å². The third-order valence-electron chi connectivity index (χ3n) is 3.35. The first-order valence-corrected chi connectivity index (χ1v) is 8.03. The molecule has 0 bridgehead atoms. The summed E-state index contributed by atoms with van der Waals surface area (Å²) in [6.07, 6.45) is 2.47. The van der Waals surface area contributed by atoms with Crippen molar-refractivity contribution in [2.45, 2.75) is 32.0 Å². The van der Waals surface area contributed by atoms with E-state index in [2.05, 4.69) is 10.3 Å². The fourth-order valence-electron chi connectivity index (χ4n) is 2.07. The smallest absolute Gasteiger partial charge is 0.134 e. The number of halogens is 2. The van der Waals surface area contributed by atoms with Gasteiger partial charge in [0, 0.05) is 35.2 Å². The molecule has 0 spiro atoms. The van der Waals surface area contributed by atoms with Crippen LogP contribution in [0.5, 0.6) is 0 Å². The van der Waals surface area contributed by atoms with E-state index in [0.717, 1.165) is 17.1 Å². The molecular weight excluding hydrogens is 311 g/mol. The summed E-state index contributed by atoms with van der Waals surface area (Å²) in [5.74, 6) is -0.345. The number of nitrogens with one attached hydrogen (secondary N) is 1. The number of ether oxygens (including phenoxy) is 1. The summed E-state index contributed by atoms with van der Waals surface area (Å²) >= 11 is 7.30. The molecule has 1 aliphatic carbocycles. The van der Waals surface area contributed by atoms with Gasteiger partial charge in [0.1, 0.15) is 10.8 Å². The van der Waals surface area contributed by atoms with E-state index in [1.807, 2.05) is 0 Å². The van der Waals surface area contributed by atoms with Crippen LogP contribution in [0.15, 0.2) is 18.2 Å². The largest absolute Gasteiger partial charge is 0.378 e. The molecule has 0 unspecified atom stereocenters. The van der Waals surface area contributed by atoms with Gasteiger partial charge in [-0.3, -0.25) is 0 Å². The van der Waals surface area contributed by atoms with Crippen LogP contribution < -0.4 is 5.32 Å². The predicted octanol–water partition coefficient (Wildman–Crippen LogP) is 4.00. The molecule has 1 heterocycles. The van der Waals surface area contributed by atoms with Crippen LogP contribution in [-0.4, -0.2) is 18.1 Å². The molecule has 112 valence electrons. The van der Waals surface area contributed by atoms with E-state index >= 15 is 0 Å². The third kappa shape index (κ3) is 3.61. The number of nitrogens with zero attached hydrogens (tertiary/aromatic N) is 1. The highest BCUT2D eigenvalue weighted by atomic mass is 35.5. The Balaban J connectivity index is 1.88. The minimum Gasteiger partial charge on any atom is -0.378 e. The molecule has 0 atom stereocenters. The predicted molar refractivity (Wildman–Crippen MR) is 83.1 cm³/mol. The Kier molecular flexibility index (Phi) is 4.54. The van der Waals surface area contributed by atoms with E-state index < -0.39 is 0 Å². The van der Waals surface area contributed by atoms with E-state index in [1.165, 1.54) is 30.2 Å². The summed E-state index contributed by atoms with van der Waals surface area (Å²) in [5.41, 5.74) is 1.36. The maximum Gasteiger partial charge on any atom is 0.134 e. The highest BCUT2D eigenvalue weighted by Gasteiger charge is 2.22. The van der Waals surface area contributed by atoms with Crippen molar-refractivity contribution in [2.24, 2.45) is 0 Å². The maximum atomic E-state index is 14.0. The maximum absolute atomic E-state index is 14.0. The Bertz CT molecular complexity index is 643. The minimum atomic E-state index is -0.345. The molecule has 3 rings (SSSR count). The molecule has 1 aromatic carbocycles. The average Bonchev–Trinajstić information content (AvgIpc) is 3.19. The summed E-state index contributed by atoms with van der Waals surface area (Å²) in [7, 11) is 1.64. The number of hydrogen-bond acceptors (Lipinski definition) is 4. The van der Waals surface area contributed by atoms with E-state index in [1.54, 1.807) is 19.2 Å². The molecule has 2 aromatic rings. The van der Waals surface area contributed by atoms with Gasteiger partial charge >= 0.3 is 0 Å². The van der Waals surface area contributed by atoms with Gasteiger partial charge in [0.15, 0.2) is 0 Å². The summed E-state index contributed by atoms with van der Waals surface area (Å²) < 4.78 is 19.2. The van der Waals surface area contributed by atoms with E-state index in [0.29, 0.717) is 28.2 Å². The van der Waals surface area contributed by atoms with E-state index in [9.17, 15) is 4.39 Å². The Morgan fingerprint density at radius 3 is 2.95 bits per heavy atom. The van der Waals surface area contributed by atoms with Crippen molar-refractivity contribution in [3.63, 3.8) is 0 Å². The molecule has 1 fully saturated rings. The molecule has 0 aliphatic heterocycles. The zero-order valence-electron chi connectivity index (χ0n) is 11.7. The highest BCUT2D eigenvalue weighted by molar-refractivity contribution is 7.15. The lowest BCUT2D eigenvalue weighted by Gasteiger charge is -2.02. The Morgan fingerprint density at radius 1 is 1.48 bits per heavy atom. The monoisotopic (exact) mass is 326 g/mol. The Labute approximate surface area is 132 Å². The Hall–Kier alpha value is -1.01. The zero-order chi connectivity index (χ0) is 14.8. The molecule has 3 nitrogen and oxygen atoms in total. The molecular formula is C15H16ClFN2OS. The van der Waals surface area contributed by atoms with Crippen LogP contribution in [0.1, 0.15) is 23.4 Å². The molecule has 6 heteroatoms. The van der Waals surface area contributed by atoms with Crippen LogP contribution in [-0.2, 0) is 17.9 Å². The van der Waals surface area contributed by atoms with Gasteiger partial charge in [0.25, 0.3) is 0 Å². The van der Waals surface area contributed by atoms with Gasteiger partial charge < -0.3 is 10.1 Å². The summed E-state index contributed by atoms with van der Waals surface area (Å²) in [6, 6.07) is 5.29. The van der Waals surface area contributed by atoms with Crippen molar-refractivity contribution in [1.29, 1.82) is 0 Å². The number of methoxy groups -OCH3 is 1. The SMILES string of the molecule is COCc1nc(-c2ccc(Cl)cc2F)sc1CNC1CC1. The second-order valence-corrected chi connectivity index (χ2v) is 6.62. The molecule has 0 saturated heterocycles. The van der Waals surface area contributed by atoms with Crippen LogP contribution >= 0.6 is 22.9 Å². The molecule has 0 amide bonds. The van der Waals surface area contributed by atoms with Crippen LogP contribution in [0.25, 0.3) is 10.6 Å². The first-order chi connectivity index (χ1) is 10.2. The van der Waals surface area contributed by atoms with Crippen molar-refractivity contribution in [2.75, 3.05) is 7.11 Å². The van der Waals surface area contributed by atoms with Crippen LogP contribution in [0.3, 0.4) is 0 Å². The summed E-state index contributed by atoms with van der Waals surface area (Å²) in [4.78, 5) is 5.63. The molecule has 1 N–H and O–H groups in total. The molecule has 1 aromatic heterocycles. The molecule has 1 saturated carbocycles. The van der Waals surface area contributed by atoms with Crippen LogP contribution in [0.2, 0.25) is 5.02 Å². The number of aromatic nitrogens is 1. The van der Waals surface area contributed by atoms with Crippen molar-refractivity contribution in [3.05, 3.63) is 39.6 Å². The number of benzene rings is 1. The zero-order valence-corrected chi connectivity index (χ0v) is 13.2. The standard InChI is InChI=1S/C15H16ClFN2OS/c1-20-8-13-14(7-18-10-3-4-10)21-15(19-13)11-5-2-9(16)6-12(11)17/h2,5-6,10,18H,3-4,7-8H2,1H3. The lowest BCUT2D eigenvalue weighted by Crippen LogP contribution is -2.15. The number of thiazole rings is 1. The van der Waals surface area contributed by atoms with Gasteiger partial charge in [-0.25, -0.2) is 9.37 Å². The van der Waals surface area contributed by atoms with Crippen LogP contribution in [0, 0.1) is 5.82 Å². The van der Waals surface area contributed by atoms with Gasteiger partial charge in [-0.15, -0.1) is 11.3 Å². The van der Waals surface area contributed by atoms with Gasteiger partial charge in [-0.1, -0.05) is 11.6 Å². The second kappa shape index (κ2) is 6.40. The second-order valence-electron chi connectivity index (χ2n) is 5.10. The van der Waals surface area contributed by atoms with Gasteiger partial charge in [0.2, 0.25) is 0 Å². The third-order valence-corrected chi connectivity index (χ3v) is 4.72. The van der Waals surface area contributed by atoms with E-state index in [-0.39, 0.29) is 5.82 Å². The lowest BCUT2D eigenvalue weighted by molar-refractivity contribution is 0.181. The van der Waals surface area contributed by atoms with E-state index in [4.69, 9.17) is 16.3 Å². The van der Waals surface area contributed by atoms with Crippen molar-refractivity contribution in [3.8, 4) is 10.6 Å². The number of hydrogen-bond donors (Lipinski definition) is 1. The normalized spacial score (nSPS) is 14.6. The number of rotatable bonds is 6. The Morgan fingerprint density at radius 2 is 2.29 bits per heavy atom.